The molecule has 0 aliphatic heterocycles. The topological polar surface area (TPSA) is 39.2 Å². The van der Waals surface area contributed by atoms with E-state index < -0.39 is 0 Å². The Hall–Kier alpha value is -0.990. The smallest absolute Gasteiger partial charge is 0.135 e. The lowest BCUT2D eigenvalue weighted by atomic mass is 10.1. The van der Waals surface area contributed by atoms with E-state index in [1.54, 1.807) is 0 Å². The molecular weight excluding hydrogens is 198 g/mol. The molecule has 3 heteroatoms. The summed E-state index contributed by atoms with van der Waals surface area (Å²) in [5, 5.41) is 1.69. The van der Waals surface area contributed by atoms with Crippen molar-refractivity contribution >= 4 is 22.6 Å². The fourth-order valence-electron chi connectivity index (χ4n) is 1.40. The van der Waals surface area contributed by atoms with Crippen LogP contribution in [0.3, 0.4) is 0 Å². The van der Waals surface area contributed by atoms with Gasteiger partial charge in [-0.05, 0) is 18.2 Å². The highest BCUT2D eigenvalue weighted by Gasteiger charge is 2.11. The molecular formula is C11H12ClNO. The monoisotopic (exact) mass is 209 g/mol. The summed E-state index contributed by atoms with van der Waals surface area (Å²) < 4.78 is 5.64. The fourth-order valence-corrected chi connectivity index (χ4v) is 1.62. The SMILES string of the molecule is CC(CN)c1cc2c(Cl)cccc2o1. The number of halogens is 1. The average Bonchev–Trinajstić information content (AvgIpc) is 2.62. The minimum absolute atomic E-state index is 0.235. The lowest BCUT2D eigenvalue weighted by Gasteiger charge is -2.01. The molecule has 2 nitrogen and oxygen atoms in total. The summed E-state index contributed by atoms with van der Waals surface area (Å²) in [4.78, 5) is 0. The van der Waals surface area contributed by atoms with Gasteiger partial charge in [0.1, 0.15) is 11.3 Å². The number of nitrogens with two attached hydrogens (primary N) is 1. The first-order valence-electron chi connectivity index (χ1n) is 4.60. The molecule has 0 saturated heterocycles. The van der Waals surface area contributed by atoms with Crippen molar-refractivity contribution in [3.8, 4) is 0 Å². The summed E-state index contributed by atoms with van der Waals surface area (Å²) in [6.45, 7) is 2.61. The molecule has 2 N–H and O–H groups in total. The molecule has 0 spiro atoms. The largest absolute Gasteiger partial charge is 0.461 e. The van der Waals surface area contributed by atoms with Crippen LogP contribution in [-0.4, -0.2) is 6.54 Å². The van der Waals surface area contributed by atoms with Gasteiger partial charge in [0.05, 0.1) is 5.02 Å². The highest BCUT2D eigenvalue weighted by Crippen LogP contribution is 2.29. The predicted molar refractivity (Wildman–Crippen MR) is 58.7 cm³/mol. The standard InChI is InChI=1S/C11H12ClNO/c1-7(6-13)11-5-8-9(12)3-2-4-10(8)14-11/h2-5,7H,6,13H2,1H3. The van der Waals surface area contributed by atoms with E-state index in [0.29, 0.717) is 6.54 Å². The van der Waals surface area contributed by atoms with Crippen LogP contribution in [0.25, 0.3) is 11.0 Å². The van der Waals surface area contributed by atoms with Gasteiger partial charge in [-0.15, -0.1) is 0 Å². The Balaban J connectivity index is 2.56. The molecule has 0 saturated carbocycles. The van der Waals surface area contributed by atoms with Crippen LogP contribution in [-0.2, 0) is 0 Å². The van der Waals surface area contributed by atoms with Gasteiger partial charge in [-0.3, -0.25) is 0 Å². The van der Waals surface area contributed by atoms with Gasteiger partial charge in [0.25, 0.3) is 0 Å². The van der Waals surface area contributed by atoms with Gasteiger partial charge in [-0.25, -0.2) is 0 Å². The van der Waals surface area contributed by atoms with Crippen molar-refractivity contribution in [3.63, 3.8) is 0 Å². The molecule has 14 heavy (non-hydrogen) atoms. The summed E-state index contributed by atoms with van der Waals surface area (Å²) in [5.74, 6) is 1.13. The van der Waals surface area contributed by atoms with Crippen LogP contribution in [0.15, 0.2) is 28.7 Å². The summed E-state index contributed by atoms with van der Waals surface area (Å²) in [6.07, 6.45) is 0. The number of hydrogen-bond acceptors (Lipinski definition) is 2. The highest BCUT2D eigenvalue weighted by molar-refractivity contribution is 6.35. The second-order valence-electron chi connectivity index (χ2n) is 3.44. The van der Waals surface area contributed by atoms with Crippen LogP contribution in [0.5, 0.6) is 0 Å². The molecule has 0 aliphatic carbocycles. The lowest BCUT2D eigenvalue weighted by Crippen LogP contribution is -2.07. The van der Waals surface area contributed by atoms with Crippen LogP contribution >= 0.6 is 11.6 Å². The quantitative estimate of drug-likeness (QED) is 0.826. The van der Waals surface area contributed by atoms with E-state index >= 15 is 0 Å². The second-order valence-corrected chi connectivity index (χ2v) is 3.84. The number of rotatable bonds is 2. The first-order chi connectivity index (χ1) is 6.72. The zero-order valence-electron chi connectivity index (χ0n) is 7.96. The van der Waals surface area contributed by atoms with Crippen LogP contribution in [0, 0.1) is 0 Å². The molecule has 1 aromatic carbocycles. The summed E-state index contributed by atoms with van der Waals surface area (Å²) >= 11 is 6.03. The Morgan fingerprint density at radius 2 is 2.29 bits per heavy atom. The van der Waals surface area contributed by atoms with Gasteiger partial charge < -0.3 is 10.2 Å². The second kappa shape index (κ2) is 3.64. The third-order valence-corrected chi connectivity index (χ3v) is 2.70. The number of furan rings is 1. The summed E-state index contributed by atoms with van der Waals surface area (Å²) in [5.41, 5.74) is 6.40. The average molecular weight is 210 g/mol. The molecule has 1 heterocycles. The van der Waals surface area contributed by atoms with Crippen molar-refractivity contribution in [1.29, 1.82) is 0 Å². The van der Waals surface area contributed by atoms with Gasteiger partial charge in [0.2, 0.25) is 0 Å². The summed E-state index contributed by atoms with van der Waals surface area (Å²) in [7, 11) is 0. The Morgan fingerprint density at radius 1 is 1.50 bits per heavy atom. The molecule has 0 aliphatic rings. The summed E-state index contributed by atoms with van der Waals surface area (Å²) in [6, 6.07) is 7.62. The van der Waals surface area contributed by atoms with E-state index in [1.807, 2.05) is 31.2 Å². The molecule has 0 fully saturated rings. The molecule has 74 valence electrons. The molecule has 1 atom stereocenters. The van der Waals surface area contributed by atoms with Crippen LogP contribution in [0.4, 0.5) is 0 Å². The van der Waals surface area contributed by atoms with E-state index in [4.69, 9.17) is 21.8 Å². The third-order valence-electron chi connectivity index (χ3n) is 2.37. The Kier molecular flexibility index (Phi) is 2.48. The van der Waals surface area contributed by atoms with Gasteiger partial charge in [0, 0.05) is 17.8 Å². The predicted octanol–water partition coefficient (Wildman–Crippen LogP) is 3.15. The van der Waals surface area contributed by atoms with Crippen molar-refractivity contribution in [3.05, 3.63) is 35.0 Å². The van der Waals surface area contributed by atoms with Crippen molar-refractivity contribution < 1.29 is 4.42 Å². The number of fused-ring (bicyclic) bond motifs is 1. The maximum absolute atomic E-state index is 6.03. The van der Waals surface area contributed by atoms with Gasteiger partial charge >= 0.3 is 0 Å². The van der Waals surface area contributed by atoms with Crippen molar-refractivity contribution in [2.24, 2.45) is 5.73 Å². The first kappa shape index (κ1) is 9.56. The van der Waals surface area contributed by atoms with E-state index in [2.05, 4.69) is 0 Å². The van der Waals surface area contributed by atoms with Crippen molar-refractivity contribution in [2.45, 2.75) is 12.8 Å². The molecule has 0 bridgehead atoms. The lowest BCUT2D eigenvalue weighted by molar-refractivity contribution is 0.509. The van der Waals surface area contributed by atoms with Crippen LogP contribution in [0.1, 0.15) is 18.6 Å². The van der Waals surface area contributed by atoms with E-state index in [9.17, 15) is 0 Å². The molecule has 0 radical (unpaired) electrons. The van der Waals surface area contributed by atoms with Crippen LogP contribution < -0.4 is 5.73 Å². The van der Waals surface area contributed by atoms with E-state index in [-0.39, 0.29) is 5.92 Å². The number of hydrogen-bond donors (Lipinski definition) is 1. The molecule has 2 rings (SSSR count). The maximum atomic E-state index is 6.03. The Morgan fingerprint density at radius 3 is 2.93 bits per heavy atom. The molecule has 0 amide bonds. The minimum atomic E-state index is 0.235. The van der Waals surface area contributed by atoms with Gasteiger partial charge in [-0.2, -0.15) is 0 Å². The number of benzene rings is 1. The molecule has 1 aromatic heterocycles. The Labute approximate surface area is 87.6 Å². The van der Waals surface area contributed by atoms with Crippen molar-refractivity contribution in [2.75, 3.05) is 6.54 Å². The minimum Gasteiger partial charge on any atom is -0.461 e. The first-order valence-corrected chi connectivity index (χ1v) is 4.98. The zero-order chi connectivity index (χ0) is 10.1. The highest BCUT2D eigenvalue weighted by atomic mass is 35.5. The fraction of sp³-hybridized carbons (Fsp3) is 0.273. The normalized spacial score (nSPS) is 13.4. The van der Waals surface area contributed by atoms with Crippen LogP contribution in [0.2, 0.25) is 5.02 Å². The van der Waals surface area contributed by atoms with E-state index in [0.717, 1.165) is 21.8 Å². The maximum Gasteiger partial charge on any atom is 0.135 e. The Bertz CT molecular complexity index is 449. The van der Waals surface area contributed by atoms with Gasteiger partial charge in [-0.1, -0.05) is 24.6 Å². The molecule has 2 aromatic rings. The zero-order valence-corrected chi connectivity index (χ0v) is 8.71. The van der Waals surface area contributed by atoms with E-state index in [1.165, 1.54) is 0 Å². The third kappa shape index (κ3) is 1.51. The van der Waals surface area contributed by atoms with Crippen molar-refractivity contribution in [1.82, 2.24) is 0 Å². The molecule has 1 unspecified atom stereocenters. The van der Waals surface area contributed by atoms with Gasteiger partial charge in [0.15, 0.2) is 0 Å².